The molecule has 0 radical (unpaired) electrons. The molecule has 0 unspecified atom stereocenters. The van der Waals surface area contributed by atoms with Gasteiger partial charge in [-0.25, -0.2) is 0 Å². The van der Waals surface area contributed by atoms with Crippen LogP contribution in [-0.2, 0) is 0 Å². The summed E-state index contributed by atoms with van der Waals surface area (Å²) in [6.45, 7) is 0. The third kappa shape index (κ3) is 1.62. The van der Waals surface area contributed by atoms with Crippen molar-refractivity contribution in [3.05, 3.63) is 36.4 Å². The molecule has 0 saturated carbocycles. The van der Waals surface area contributed by atoms with Crippen molar-refractivity contribution in [2.75, 3.05) is 24.3 Å². The summed E-state index contributed by atoms with van der Waals surface area (Å²) >= 11 is 0. The first-order chi connectivity index (χ1) is 8.65. The molecule has 4 nitrogen and oxygen atoms in total. The maximum Gasteiger partial charge on any atom is 0.154 e. The number of phenolic OH excluding ortho intramolecular Hbond substituents is 1. The van der Waals surface area contributed by atoms with E-state index in [1.807, 2.05) is 37.2 Å². The predicted molar refractivity (Wildman–Crippen MR) is 72.2 cm³/mol. The number of fused-ring (bicyclic) bond motifs is 2. The summed E-state index contributed by atoms with van der Waals surface area (Å²) in [7, 11) is 3.98. The molecule has 0 amide bonds. The number of rotatable bonds is 1. The SMILES string of the molecule is CN(C)c1cccc2c1Nc1ccc(O)cc1O2. The molecule has 0 spiro atoms. The highest BCUT2D eigenvalue weighted by atomic mass is 16.5. The van der Waals surface area contributed by atoms with Gasteiger partial charge in [-0.3, -0.25) is 0 Å². The molecule has 0 aliphatic carbocycles. The van der Waals surface area contributed by atoms with E-state index in [0.29, 0.717) is 5.75 Å². The number of ether oxygens (including phenoxy) is 1. The van der Waals surface area contributed by atoms with Gasteiger partial charge >= 0.3 is 0 Å². The first-order valence-electron chi connectivity index (χ1n) is 5.73. The van der Waals surface area contributed by atoms with E-state index in [0.717, 1.165) is 22.8 Å². The highest BCUT2D eigenvalue weighted by molar-refractivity contribution is 5.85. The van der Waals surface area contributed by atoms with Crippen LogP contribution in [0.4, 0.5) is 17.1 Å². The van der Waals surface area contributed by atoms with Gasteiger partial charge in [0.05, 0.1) is 11.4 Å². The highest BCUT2D eigenvalue weighted by Gasteiger charge is 2.20. The lowest BCUT2D eigenvalue weighted by molar-refractivity contribution is 0.454. The molecular weight excluding hydrogens is 228 g/mol. The Bertz CT molecular complexity index is 609. The van der Waals surface area contributed by atoms with Crippen LogP contribution in [0.5, 0.6) is 17.2 Å². The van der Waals surface area contributed by atoms with Gasteiger partial charge in [-0.1, -0.05) is 6.07 Å². The topological polar surface area (TPSA) is 44.7 Å². The van der Waals surface area contributed by atoms with Crippen LogP contribution in [-0.4, -0.2) is 19.2 Å². The van der Waals surface area contributed by atoms with Gasteiger partial charge in [0.2, 0.25) is 0 Å². The van der Waals surface area contributed by atoms with Crippen molar-refractivity contribution in [1.82, 2.24) is 0 Å². The molecule has 18 heavy (non-hydrogen) atoms. The summed E-state index contributed by atoms with van der Waals surface area (Å²) in [5.74, 6) is 1.60. The van der Waals surface area contributed by atoms with Gasteiger partial charge in [-0.2, -0.15) is 0 Å². The van der Waals surface area contributed by atoms with Crippen LogP contribution in [0.2, 0.25) is 0 Å². The summed E-state index contributed by atoms with van der Waals surface area (Å²) in [6, 6.07) is 10.9. The Labute approximate surface area is 105 Å². The number of hydrogen-bond donors (Lipinski definition) is 2. The molecule has 2 aromatic carbocycles. The fourth-order valence-electron chi connectivity index (χ4n) is 2.05. The summed E-state index contributed by atoms with van der Waals surface area (Å²) < 4.78 is 5.80. The standard InChI is InChI=1S/C14H14N2O2/c1-16(2)11-4-3-5-12-14(11)15-10-7-6-9(17)8-13(10)18-12/h3-8,15,17H,1-2H3. The molecular formula is C14H14N2O2. The molecule has 1 aliphatic heterocycles. The Kier molecular flexibility index (Phi) is 2.30. The van der Waals surface area contributed by atoms with Crippen molar-refractivity contribution in [3.63, 3.8) is 0 Å². The molecule has 3 rings (SSSR count). The lowest BCUT2D eigenvalue weighted by Gasteiger charge is -2.26. The quantitative estimate of drug-likeness (QED) is 0.643. The minimum atomic E-state index is 0.197. The van der Waals surface area contributed by atoms with Crippen LogP contribution in [0, 0.1) is 0 Å². The molecule has 4 heteroatoms. The normalized spacial score (nSPS) is 11.9. The fourth-order valence-corrected chi connectivity index (χ4v) is 2.05. The number of aromatic hydroxyl groups is 1. The molecule has 2 aromatic rings. The summed E-state index contributed by atoms with van der Waals surface area (Å²) in [5, 5.41) is 12.8. The average molecular weight is 242 g/mol. The van der Waals surface area contributed by atoms with E-state index in [-0.39, 0.29) is 5.75 Å². The molecule has 92 valence electrons. The summed E-state index contributed by atoms with van der Waals surface area (Å²) in [4.78, 5) is 2.03. The Morgan fingerprint density at radius 1 is 1.11 bits per heavy atom. The van der Waals surface area contributed by atoms with Crippen molar-refractivity contribution < 1.29 is 9.84 Å². The first kappa shape index (κ1) is 10.8. The Morgan fingerprint density at radius 2 is 1.94 bits per heavy atom. The second-order valence-corrected chi connectivity index (χ2v) is 4.45. The van der Waals surface area contributed by atoms with E-state index < -0.39 is 0 Å². The number of benzene rings is 2. The van der Waals surface area contributed by atoms with Crippen molar-refractivity contribution in [1.29, 1.82) is 0 Å². The maximum absolute atomic E-state index is 9.46. The smallest absolute Gasteiger partial charge is 0.154 e. The van der Waals surface area contributed by atoms with Crippen molar-refractivity contribution in [3.8, 4) is 17.2 Å². The molecule has 1 aliphatic rings. The van der Waals surface area contributed by atoms with Crippen LogP contribution in [0.15, 0.2) is 36.4 Å². The van der Waals surface area contributed by atoms with Gasteiger partial charge in [0.1, 0.15) is 11.4 Å². The lowest BCUT2D eigenvalue weighted by Crippen LogP contribution is -2.13. The van der Waals surface area contributed by atoms with Crippen molar-refractivity contribution in [2.24, 2.45) is 0 Å². The van der Waals surface area contributed by atoms with E-state index in [2.05, 4.69) is 5.32 Å². The predicted octanol–water partition coefficient (Wildman–Crippen LogP) is 3.31. The third-order valence-electron chi connectivity index (χ3n) is 2.93. The Hall–Kier alpha value is -2.36. The van der Waals surface area contributed by atoms with Gasteiger partial charge in [0.15, 0.2) is 11.5 Å². The van der Waals surface area contributed by atoms with E-state index in [9.17, 15) is 5.11 Å². The fraction of sp³-hybridized carbons (Fsp3) is 0.143. The third-order valence-corrected chi connectivity index (χ3v) is 2.93. The summed E-state index contributed by atoms with van der Waals surface area (Å²) in [5.41, 5.74) is 2.86. The number of anilines is 3. The lowest BCUT2D eigenvalue weighted by atomic mass is 10.1. The minimum absolute atomic E-state index is 0.197. The maximum atomic E-state index is 9.46. The summed E-state index contributed by atoms with van der Waals surface area (Å²) in [6.07, 6.45) is 0. The van der Waals surface area contributed by atoms with E-state index in [1.54, 1.807) is 18.2 Å². The van der Waals surface area contributed by atoms with Crippen LogP contribution >= 0.6 is 0 Å². The molecule has 0 atom stereocenters. The highest BCUT2D eigenvalue weighted by Crippen LogP contribution is 2.46. The van der Waals surface area contributed by atoms with E-state index in [4.69, 9.17) is 4.74 Å². The Morgan fingerprint density at radius 3 is 2.72 bits per heavy atom. The van der Waals surface area contributed by atoms with Crippen LogP contribution in [0.3, 0.4) is 0 Å². The minimum Gasteiger partial charge on any atom is -0.508 e. The van der Waals surface area contributed by atoms with Gasteiger partial charge in [0, 0.05) is 20.2 Å². The number of para-hydroxylation sites is 1. The van der Waals surface area contributed by atoms with Crippen molar-refractivity contribution >= 4 is 17.1 Å². The number of nitrogens with zero attached hydrogens (tertiary/aromatic N) is 1. The first-order valence-corrected chi connectivity index (χ1v) is 5.73. The number of nitrogens with one attached hydrogen (secondary N) is 1. The molecule has 0 bridgehead atoms. The number of phenols is 1. The van der Waals surface area contributed by atoms with Crippen LogP contribution in [0.25, 0.3) is 0 Å². The van der Waals surface area contributed by atoms with Gasteiger partial charge < -0.3 is 20.1 Å². The van der Waals surface area contributed by atoms with Gasteiger partial charge in [-0.15, -0.1) is 0 Å². The second kappa shape index (κ2) is 3.84. The molecule has 0 aromatic heterocycles. The van der Waals surface area contributed by atoms with Crippen molar-refractivity contribution in [2.45, 2.75) is 0 Å². The van der Waals surface area contributed by atoms with Crippen LogP contribution < -0.4 is 15.0 Å². The largest absolute Gasteiger partial charge is 0.508 e. The number of hydrogen-bond acceptors (Lipinski definition) is 4. The molecule has 0 fully saturated rings. The molecule has 1 heterocycles. The second-order valence-electron chi connectivity index (χ2n) is 4.45. The zero-order valence-electron chi connectivity index (χ0n) is 10.3. The van der Waals surface area contributed by atoms with Gasteiger partial charge in [0.25, 0.3) is 0 Å². The average Bonchev–Trinajstić information content (AvgIpc) is 2.35. The van der Waals surface area contributed by atoms with E-state index >= 15 is 0 Å². The molecule has 0 saturated heterocycles. The Balaban J connectivity index is 2.10. The molecule has 2 N–H and O–H groups in total. The van der Waals surface area contributed by atoms with E-state index in [1.165, 1.54) is 0 Å². The van der Waals surface area contributed by atoms with Crippen LogP contribution in [0.1, 0.15) is 0 Å². The monoisotopic (exact) mass is 242 g/mol. The zero-order valence-corrected chi connectivity index (χ0v) is 10.3. The zero-order chi connectivity index (χ0) is 12.7. The van der Waals surface area contributed by atoms with Gasteiger partial charge in [-0.05, 0) is 24.3 Å².